The van der Waals surface area contributed by atoms with Gasteiger partial charge in [-0.05, 0) is 43.2 Å². The summed E-state index contributed by atoms with van der Waals surface area (Å²) in [6.07, 6.45) is 5.47. The summed E-state index contributed by atoms with van der Waals surface area (Å²) < 4.78 is 5.10. The summed E-state index contributed by atoms with van der Waals surface area (Å²) in [5.74, 6) is -0.314. The number of rotatable bonds is 3. The van der Waals surface area contributed by atoms with Crippen LogP contribution in [0.3, 0.4) is 0 Å². The van der Waals surface area contributed by atoms with Crippen LogP contribution in [0.1, 0.15) is 22.8 Å². The molecule has 0 saturated heterocycles. The minimum absolute atomic E-state index is 0.314. The van der Waals surface area contributed by atoms with Crippen molar-refractivity contribution in [2.75, 3.05) is 6.61 Å². The van der Waals surface area contributed by atoms with Crippen LogP contribution in [0.25, 0.3) is 33.1 Å². The first-order valence-corrected chi connectivity index (χ1v) is 8.17. The molecule has 1 aromatic carbocycles. The molecule has 0 spiro atoms. The van der Waals surface area contributed by atoms with E-state index in [1.54, 1.807) is 19.2 Å². The third-order valence-corrected chi connectivity index (χ3v) is 4.35. The molecule has 0 atom stereocenters. The molecule has 5 heteroatoms. The molecule has 3 heterocycles. The molecule has 124 valence electrons. The van der Waals surface area contributed by atoms with Crippen LogP contribution in [0.4, 0.5) is 0 Å². The number of fused-ring (bicyclic) bond motifs is 3. The maximum atomic E-state index is 12.0. The number of aromatic nitrogens is 3. The Labute approximate surface area is 144 Å². The lowest BCUT2D eigenvalue weighted by molar-refractivity contribution is 0.0526. The number of carbonyl (C=O) groups is 1. The maximum Gasteiger partial charge on any atom is 0.338 e. The topological polar surface area (TPSA) is 67.9 Å². The van der Waals surface area contributed by atoms with Crippen molar-refractivity contribution in [1.82, 2.24) is 15.0 Å². The first-order valence-electron chi connectivity index (χ1n) is 8.17. The number of hydrogen-bond donors (Lipinski definition) is 1. The minimum Gasteiger partial charge on any atom is -0.462 e. The molecule has 0 aliphatic rings. The Hall–Kier alpha value is -3.21. The van der Waals surface area contributed by atoms with Gasteiger partial charge in [0.2, 0.25) is 0 Å². The highest BCUT2D eigenvalue weighted by Gasteiger charge is 2.15. The van der Waals surface area contributed by atoms with E-state index in [4.69, 9.17) is 4.74 Å². The van der Waals surface area contributed by atoms with Crippen molar-refractivity contribution in [1.29, 1.82) is 0 Å². The molecule has 1 N–H and O–H groups in total. The fourth-order valence-corrected chi connectivity index (χ4v) is 3.17. The second-order valence-electron chi connectivity index (χ2n) is 5.87. The van der Waals surface area contributed by atoms with E-state index in [0.717, 1.165) is 38.6 Å². The van der Waals surface area contributed by atoms with Crippen LogP contribution in [-0.2, 0) is 4.74 Å². The van der Waals surface area contributed by atoms with Crippen LogP contribution in [0.15, 0.2) is 48.9 Å². The lowest BCUT2D eigenvalue weighted by Crippen LogP contribution is -2.04. The van der Waals surface area contributed by atoms with E-state index in [0.29, 0.717) is 12.2 Å². The zero-order valence-corrected chi connectivity index (χ0v) is 14.0. The number of H-pyrrole nitrogens is 1. The van der Waals surface area contributed by atoms with Gasteiger partial charge < -0.3 is 9.72 Å². The zero-order chi connectivity index (χ0) is 17.4. The third kappa shape index (κ3) is 2.54. The second-order valence-corrected chi connectivity index (χ2v) is 5.87. The van der Waals surface area contributed by atoms with E-state index >= 15 is 0 Å². The van der Waals surface area contributed by atoms with Crippen molar-refractivity contribution < 1.29 is 9.53 Å². The molecule has 0 fully saturated rings. The summed E-state index contributed by atoms with van der Waals surface area (Å²) in [4.78, 5) is 24.2. The molecule has 0 amide bonds. The summed E-state index contributed by atoms with van der Waals surface area (Å²) in [5.41, 5.74) is 4.32. The maximum absolute atomic E-state index is 12.0. The highest BCUT2D eigenvalue weighted by atomic mass is 16.5. The van der Waals surface area contributed by atoms with Gasteiger partial charge in [0.1, 0.15) is 5.65 Å². The van der Waals surface area contributed by atoms with Gasteiger partial charge in [0.25, 0.3) is 0 Å². The molecule has 0 saturated carbocycles. The van der Waals surface area contributed by atoms with Crippen molar-refractivity contribution >= 4 is 27.8 Å². The quantitative estimate of drug-likeness (QED) is 0.569. The summed E-state index contributed by atoms with van der Waals surface area (Å²) in [6.45, 7) is 4.21. The minimum atomic E-state index is -0.314. The van der Waals surface area contributed by atoms with Gasteiger partial charge in [-0.3, -0.25) is 4.98 Å². The largest absolute Gasteiger partial charge is 0.462 e. The number of ether oxygens (including phenoxy) is 1. The fraction of sp³-hybridized carbons (Fsp3) is 0.150. The molecule has 3 aromatic heterocycles. The molecule has 0 aliphatic heterocycles. The smallest absolute Gasteiger partial charge is 0.338 e. The number of hydrogen-bond acceptors (Lipinski definition) is 4. The Morgan fingerprint density at radius 3 is 2.96 bits per heavy atom. The van der Waals surface area contributed by atoms with Crippen molar-refractivity contribution in [3.05, 3.63) is 60.0 Å². The molecule has 0 unspecified atom stereocenters. The monoisotopic (exact) mass is 331 g/mol. The average molecular weight is 331 g/mol. The highest BCUT2D eigenvalue weighted by Crippen LogP contribution is 2.33. The van der Waals surface area contributed by atoms with Crippen molar-refractivity contribution in [2.45, 2.75) is 13.8 Å². The molecular formula is C20H17N3O2. The predicted octanol–water partition coefficient (Wildman–Crippen LogP) is 4.26. The zero-order valence-electron chi connectivity index (χ0n) is 14.0. The van der Waals surface area contributed by atoms with E-state index < -0.39 is 0 Å². The van der Waals surface area contributed by atoms with E-state index in [9.17, 15) is 4.79 Å². The number of nitrogens with zero attached hydrogens (tertiary/aromatic N) is 2. The van der Waals surface area contributed by atoms with Crippen LogP contribution in [0.2, 0.25) is 0 Å². The fourth-order valence-electron chi connectivity index (χ4n) is 3.17. The van der Waals surface area contributed by atoms with Crippen LogP contribution in [-0.4, -0.2) is 27.5 Å². The molecule has 25 heavy (non-hydrogen) atoms. The first-order chi connectivity index (χ1) is 12.2. The molecule has 0 bridgehead atoms. The number of carbonyl (C=O) groups excluding carboxylic acids is 1. The Morgan fingerprint density at radius 2 is 2.12 bits per heavy atom. The van der Waals surface area contributed by atoms with Crippen molar-refractivity contribution in [3.63, 3.8) is 0 Å². The van der Waals surface area contributed by atoms with Crippen molar-refractivity contribution in [2.24, 2.45) is 0 Å². The van der Waals surface area contributed by atoms with E-state index in [1.807, 2.05) is 36.7 Å². The van der Waals surface area contributed by atoms with Crippen LogP contribution >= 0.6 is 0 Å². The summed E-state index contributed by atoms with van der Waals surface area (Å²) in [7, 11) is 0. The summed E-state index contributed by atoms with van der Waals surface area (Å²) in [5, 5.41) is 3.17. The molecule has 4 rings (SSSR count). The lowest BCUT2D eigenvalue weighted by atomic mass is 10.0. The van der Waals surface area contributed by atoms with Gasteiger partial charge in [-0.15, -0.1) is 0 Å². The SMILES string of the molecule is CCOC(=O)c1cccc(-c2[nH]c3ncc4ccncc4c3c2C)c1. The van der Waals surface area contributed by atoms with Gasteiger partial charge in [0, 0.05) is 34.7 Å². The molecule has 0 aliphatic carbocycles. The predicted molar refractivity (Wildman–Crippen MR) is 97.5 cm³/mol. The summed E-state index contributed by atoms with van der Waals surface area (Å²) in [6, 6.07) is 9.39. The molecular weight excluding hydrogens is 314 g/mol. The summed E-state index contributed by atoms with van der Waals surface area (Å²) >= 11 is 0. The van der Waals surface area contributed by atoms with Gasteiger partial charge >= 0.3 is 5.97 Å². The first kappa shape index (κ1) is 15.3. The molecule has 4 aromatic rings. The van der Waals surface area contributed by atoms with Gasteiger partial charge in [0.05, 0.1) is 17.9 Å². The number of aryl methyl sites for hydroxylation is 1. The number of esters is 1. The number of benzene rings is 1. The number of nitrogens with one attached hydrogen (secondary N) is 1. The number of aromatic amines is 1. The van der Waals surface area contributed by atoms with Crippen LogP contribution in [0.5, 0.6) is 0 Å². The second kappa shape index (κ2) is 6.02. The normalized spacial score (nSPS) is 11.1. The third-order valence-electron chi connectivity index (χ3n) is 4.35. The van der Waals surface area contributed by atoms with Gasteiger partial charge in [-0.25, -0.2) is 9.78 Å². The van der Waals surface area contributed by atoms with Gasteiger partial charge in [-0.2, -0.15) is 0 Å². The Morgan fingerprint density at radius 1 is 1.24 bits per heavy atom. The average Bonchev–Trinajstić information content (AvgIpc) is 2.99. The van der Waals surface area contributed by atoms with Gasteiger partial charge in [0.15, 0.2) is 0 Å². The highest BCUT2D eigenvalue weighted by molar-refractivity contribution is 6.08. The van der Waals surface area contributed by atoms with Crippen LogP contribution in [0, 0.1) is 6.92 Å². The van der Waals surface area contributed by atoms with E-state index in [1.165, 1.54) is 0 Å². The Balaban J connectivity index is 1.90. The van der Waals surface area contributed by atoms with Gasteiger partial charge in [-0.1, -0.05) is 12.1 Å². The van der Waals surface area contributed by atoms with Crippen molar-refractivity contribution in [3.8, 4) is 11.3 Å². The van der Waals surface area contributed by atoms with E-state index in [-0.39, 0.29) is 5.97 Å². The Kier molecular flexibility index (Phi) is 3.69. The van der Waals surface area contributed by atoms with Crippen LogP contribution < -0.4 is 0 Å². The lowest BCUT2D eigenvalue weighted by Gasteiger charge is -2.05. The standard InChI is InChI=1S/C20H17N3O2/c1-3-25-20(24)14-6-4-5-13(9-14)18-12(2)17-16-11-21-8-7-15(16)10-22-19(17)23-18/h4-11H,3H2,1-2H3,(H,22,23). The van der Waals surface area contributed by atoms with E-state index in [2.05, 4.69) is 21.9 Å². The molecule has 0 radical (unpaired) electrons. The number of pyridine rings is 2. The Bertz CT molecular complexity index is 1100. The molecule has 5 nitrogen and oxygen atoms in total.